The van der Waals surface area contributed by atoms with Crippen LogP contribution in [-0.4, -0.2) is 15.7 Å². The van der Waals surface area contributed by atoms with Crippen molar-refractivity contribution in [2.24, 2.45) is 29.0 Å². The van der Waals surface area contributed by atoms with E-state index in [0.29, 0.717) is 11.1 Å². The third kappa shape index (κ3) is 1.87. The molecular weight excluding hydrogens is 252 g/mol. The SMILES string of the molecule is NNC(=O)c1ccnn1CC12CC3CC(CC(C3)C1)C2. The van der Waals surface area contributed by atoms with E-state index in [2.05, 4.69) is 10.5 Å². The fourth-order valence-corrected chi connectivity index (χ4v) is 5.53. The molecule has 0 spiro atoms. The van der Waals surface area contributed by atoms with E-state index in [-0.39, 0.29) is 5.91 Å². The number of nitrogens with two attached hydrogens (primary N) is 1. The zero-order chi connectivity index (χ0) is 13.7. The summed E-state index contributed by atoms with van der Waals surface area (Å²) >= 11 is 0. The van der Waals surface area contributed by atoms with Crippen LogP contribution in [0.15, 0.2) is 12.3 Å². The summed E-state index contributed by atoms with van der Waals surface area (Å²) < 4.78 is 1.87. The van der Waals surface area contributed by atoms with Gasteiger partial charge in [-0.15, -0.1) is 0 Å². The monoisotopic (exact) mass is 274 g/mol. The lowest BCUT2D eigenvalue weighted by Crippen LogP contribution is -2.48. The molecule has 4 aliphatic rings. The van der Waals surface area contributed by atoms with Crippen molar-refractivity contribution in [2.75, 3.05) is 0 Å². The van der Waals surface area contributed by atoms with Gasteiger partial charge in [-0.2, -0.15) is 5.10 Å². The third-order valence-corrected chi connectivity index (χ3v) is 5.73. The van der Waals surface area contributed by atoms with Crippen LogP contribution in [0.2, 0.25) is 0 Å². The Morgan fingerprint density at radius 3 is 2.45 bits per heavy atom. The van der Waals surface area contributed by atoms with Crippen molar-refractivity contribution in [1.82, 2.24) is 15.2 Å². The Bertz CT molecular complexity index is 500. The van der Waals surface area contributed by atoms with Crippen molar-refractivity contribution in [2.45, 2.75) is 45.1 Å². The molecule has 0 unspecified atom stereocenters. The normalized spacial score (nSPS) is 38.1. The Morgan fingerprint density at radius 1 is 1.30 bits per heavy atom. The van der Waals surface area contributed by atoms with Crippen molar-refractivity contribution < 1.29 is 4.79 Å². The van der Waals surface area contributed by atoms with Crippen LogP contribution in [0.1, 0.15) is 49.0 Å². The van der Waals surface area contributed by atoms with Crippen LogP contribution in [0.3, 0.4) is 0 Å². The molecule has 0 atom stereocenters. The molecule has 4 bridgehead atoms. The molecule has 1 aromatic rings. The molecule has 1 heterocycles. The van der Waals surface area contributed by atoms with Gasteiger partial charge in [0.15, 0.2) is 0 Å². The fourth-order valence-electron chi connectivity index (χ4n) is 5.53. The first-order valence-corrected chi connectivity index (χ1v) is 7.70. The molecule has 1 aromatic heterocycles. The van der Waals surface area contributed by atoms with E-state index in [0.717, 1.165) is 24.3 Å². The number of hydrazine groups is 1. The van der Waals surface area contributed by atoms with Crippen molar-refractivity contribution >= 4 is 5.91 Å². The fraction of sp³-hybridized carbons (Fsp3) is 0.733. The van der Waals surface area contributed by atoms with Crippen molar-refractivity contribution in [1.29, 1.82) is 0 Å². The molecule has 0 aromatic carbocycles. The Morgan fingerprint density at radius 2 is 1.90 bits per heavy atom. The number of hydrogen-bond acceptors (Lipinski definition) is 3. The van der Waals surface area contributed by atoms with Crippen molar-refractivity contribution in [3.63, 3.8) is 0 Å². The minimum Gasteiger partial charge on any atom is -0.289 e. The number of nitrogen functional groups attached to an aromatic ring is 1. The maximum atomic E-state index is 11.8. The van der Waals surface area contributed by atoms with Gasteiger partial charge in [0, 0.05) is 12.7 Å². The molecule has 0 radical (unpaired) electrons. The highest BCUT2D eigenvalue weighted by atomic mass is 16.2. The first-order valence-electron chi connectivity index (χ1n) is 7.70. The molecule has 0 aliphatic heterocycles. The van der Waals surface area contributed by atoms with Crippen molar-refractivity contribution in [3.05, 3.63) is 18.0 Å². The Labute approximate surface area is 118 Å². The lowest BCUT2D eigenvalue weighted by molar-refractivity contribution is -0.0637. The first kappa shape index (κ1) is 12.4. The maximum absolute atomic E-state index is 11.8. The molecule has 5 nitrogen and oxygen atoms in total. The van der Waals surface area contributed by atoms with E-state index in [4.69, 9.17) is 5.84 Å². The van der Waals surface area contributed by atoms with E-state index >= 15 is 0 Å². The van der Waals surface area contributed by atoms with E-state index in [1.165, 1.54) is 38.5 Å². The van der Waals surface area contributed by atoms with Gasteiger partial charge in [0.05, 0.1) is 0 Å². The number of aromatic nitrogens is 2. The molecule has 5 rings (SSSR count). The quantitative estimate of drug-likeness (QED) is 0.500. The maximum Gasteiger partial charge on any atom is 0.283 e. The summed E-state index contributed by atoms with van der Waals surface area (Å²) in [5.74, 6) is 7.77. The predicted molar refractivity (Wildman–Crippen MR) is 74.5 cm³/mol. The summed E-state index contributed by atoms with van der Waals surface area (Å²) in [7, 11) is 0. The number of hydrogen-bond donors (Lipinski definition) is 2. The van der Waals surface area contributed by atoms with Gasteiger partial charge in [0.2, 0.25) is 0 Å². The van der Waals surface area contributed by atoms with E-state index in [1.54, 1.807) is 12.3 Å². The number of rotatable bonds is 3. The van der Waals surface area contributed by atoms with E-state index < -0.39 is 0 Å². The molecule has 4 saturated carbocycles. The number of nitrogens with zero attached hydrogens (tertiary/aromatic N) is 2. The van der Waals surface area contributed by atoms with E-state index in [1.807, 2.05) is 4.68 Å². The van der Waals surface area contributed by atoms with Crippen LogP contribution in [0.4, 0.5) is 0 Å². The van der Waals surface area contributed by atoms with Gasteiger partial charge in [0.1, 0.15) is 5.69 Å². The summed E-state index contributed by atoms with van der Waals surface area (Å²) in [4.78, 5) is 11.8. The van der Waals surface area contributed by atoms with Gasteiger partial charge in [0.25, 0.3) is 5.91 Å². The van der Waals surface area contributed by atoms with Gasteiger partial charge in [-0.25, -0.2) is 5.84 Å². The molecule has 1 amide bonds. The molecule has 3 N–H and O–H groups in total. The van der Waals surface area contributed by atoms with E-state index in [9.17, 15) is 4.79 Å². The third-order valence-electron chi connectivity index (χ3n) is 5.73. The standard InChI is InChI=1S/C15H22N4O/c16-18-14(20)13-1-2-17-19(13)9-15-6-10-3-11(7-15)5-12(4-10)8-15/h1-2,10-12H,3-9,16H2,(H,18,20). The second-order valence-electron chi connectivity index (χ2n) is 7.27. The average Bonchev–Trinajstić information content (AvgIpc) is 2.83. The second-order valence-corrected chi connectivity index (χ2v) is 7.27. The zero-order valence-corrected chi connectivity index (χ0v) is 11.7. The number of amides is 1. The number of carbonyl (C=O) groups excluding carboxylic acids is 1. The Balaban J connectivity index is 1.60. The van der Waals surface area contributed by atoms with Crippen LogP contribution in [0.25, 0.3) is 0 Å². The molecule has 5 heteroatoms. The second kappa shape index (κ2) is 4.32. The topological polar surface area (TPSA) is 72.9 Å². The van der Waals surface area contributed by atoms with Crippen LogP contribution >= 0.6 is 0 Å². The van der Waals surface area contributed by atoms with Crippen LogP contribution < -0.4 is 11.3 Å². The van der Waals surface area contributed by atoms with Gasteiger partial charge in [-0.05, 0) is 67.8 Å². The first-order chi connectivity index (χ1) is 9.67. The summed E-state index contributed by atoms with van der Waals surface area (Å²) in [5, 5.41) is 4.36. The van der Waals surface area contributed by atoms with Crippen molar-refractivity contribution in [3.8, 4) is 0 Å². The molecule has 0 saturated heterocycles. The molecule has 20 heavy (non-hydrogen) atoms. The van der Waals surface area contributed by atoms with Gasteiger partial charge in [-0.1, -0.05) is 0 Å². The molecule has 108 valence electrons. The largest absolute Gasteiger partial charge is 0.289 e. The lowest BCUT2D eigenvalue weighted by Gasteiger charge is -2.56. The van der Waals surface area contributed by atoms with Gasteiger partial charge >= 0.3 is 0 Å². The van der Waals surface area contributed by atoms with Gasteiger partial charge < -0.3 is 0 Å². The highest BCUT2D eigenvalue weighted by Crippen LogP contribution is 2.60. The summed E-state index contributed by atoms with van der Waals surface area (Å²) in [6, 6.07) is 1.75. The molecular formula is C15H22N4O. The predicted octanol–water partition coefficient (Wildman–Crippen LogP) is 1.70. The molecule has 4 fully saturated rings. The average molecular weight is 274 g/mol. The Hall–Kier alpha value is -1.36. The van der Waals surface area contributed by atoms with Crippen LogP contribution in [0, 0.1) is 23.2 Å². The number of carbonyl (C=O) groups is 1. The molecule has 4 aliphatic carbocycles. The van der Waals surface area contributed by atoms with Crippen LogP contribution in [0.5, 0.6) is 0 Å². The minimum absolute atomic E-state index is 0.243. The minimum atomic E-state index is -0.243. The van der Waals surface area contributed by atoms with Crippen LogP contribution in [-0.2, 0) is 6.54 Å². The summed E-state index contributed by atoms with van der Waals surface area (Å²) in [5.41, 5.74) is 3.18. The summed E-state index contributed by atoms with van der Waals surface area (Å²) in [6.07, 6.45) is 9.98. The van der Waals surface area contributed by atoms with Gasteiger partial charge in [-0.3, -0.25) is 14.9 Å². The summed E-state index contributed by atoms with van der Waals surface area (Å²) in [6.45, 7) is 0.881. The Kier molecular flexibility index (Phi) is 2.67. The smallest absolute Gasteiger partial charge is 0.283 e. The highest BCUT2D eigenvalue weighted by molar-refractivity contribution is 5.91. The highest BCUT2D eigenvalue weighted by Gasteiger charge is 2.51. The zero-order valence-electron chi connectivity index (χ0n) is 11.7. The lowest BCUT2D eigenvalue weighted by atomic mass is 9.49. The number of nitrogens with one attached hydrogen (secondary N) is 1.